The van der Waals surface area contributed by atoms with Gasteiger partial charge in [0.1, 0.15) is 11.5 Å². The summed E-state index contributed by atoms with van der Waals surface area (Å²) in [5.41, 5.74) is 1.49. The van der Waals surface area contributed by atoms with Crippen LogP contribution >= 0.6 is 23.2 Å². The molecule has 0 radical (unpaired) electrons. The molecule has 1 fully saturated rings. The molecule has 0 unspecified atom stereocenters. The molecule has 1 atom stereocenters. The third-order valence-corrected chi connectivity index (χ3v) is 3.88. The van der Waals surface area contributed by atoms with Crippen molar-refractivity contribution in [1.82, 2.24) is 10.3 Å². The fraction of sp³-hybridized carbons (Fsp3) is 0.200. The predicted octanol–water partition coefficient (Wildman–Crippen LogP) is 4.68. The van der Waals surface area contributed by atoms with Crippen LogP contribution in [0.25, 0.3) is 0 Å². The molecule has 1 aliphatic heterocycles. The lowest BCUT2D eigenvalue weighted by Crippen LogP contribution is -2.18. The highest BCUT2D eigenvalue weighted by molar-refractivity contribution is 6.34. The number of amidine groups is 1. The number of nitrogens with zero attached hydrogens (tertiary/aromatic N) is 2. The number of hydrogen-bond donors (Lipinski definition) is 1. The second-order valence-electron chi connectivity index (χ2n) is 4.78. The number of aliphatic imine (C=N–C) groups is 1. The minimum Gasteiger partial charge on any atom is -0.367 e. The summed E-state index contributed by atoms with van der Waals surface area (Å²) in [7, 11) is 0. The van der Waals surface area contributed by atoms with Gasteiger partial charge in [-0.15, -0.1) is 0 Å². The molecule has 0 spiro atoms. The number of rotatable bonds is 2. The van der Waals surface area contributed by atoms with Gasteiger partial charge < -0.3 is 5.32 Å². The maximum atomic E-state index is 13.4. The van der Waals surface area contributed by atoms with Crippen LogP contribution in [0.2, 0.25) is 10.3 Å². The molecule has 0 amide bonds. The molecule has 1 aromatic heterocycles. The zero-order valence-corrected chi connectivity index (χ0v) is 12.5. The van der Waals surface area contributed by atoms with Crippen LogP contribution in [0.3, 0.4) is 0 Å². The Hall–Kier alpha value is -1.65. The SMILES string of the molecule is Fc1cc(N=C2CC[C@H](c3ccccc3)N2)c(Cl)nc1Cl. The second kappa shape index (κ2) is 6.00. The molecule has 2 heterocycles. The number of halogens is 3. The molecular weight excluding hydrogens is 312 g/mol. The van der Waals surface area contributed by atoms with Crippen LogP contribution in [0, 0.1) is 5.82 Å². The fourth-order valence-electron chi connectivity index (χ4n) is 2.31. The van der Waals surface area contributed by atoms with Gasteiger partial charge in [-0.1, -0.05) is 53.5 Å². The molecule has 21 heavy (non-hydrogen) atoms. The van der Waals surface area contributed by atoms with E-state index in [0.29, 0.717) is 0 Å². The van der Waals surface area contributed by atoms with Crippen molar-refractivity contribution < 1.29 is 4.39 Å². The summed E-state index contributed by atoms with van der Waals surface area (Å²) in [5.74, 6) is 0.146. The largest absolute Gasteiger partial charge is 0.367 e. The van der Waals surface area contributed by atoms with E-state index in [0.717, 1.165) is 18.7 Å². The smallest absolute Gasteiger partial charge is 0.166 e. The van der Waals surface area contributed by atoms with Crippen LogP contribution in [0.4, 0.5) is 10.1 Å². The summed E-state index contributed by atoms with van der Waals surface area (Å²) in [5, 5.41) is 3.18. The van der Waals surface area contributed by atoms with E-state index in [2.05, 4.69) is 27.4 Å². The van der Waals surface area contributed by atoms with Crippen molar-refractivity contribution in [1.29, 1.82) is 0 Å². The first-order chi connectivity index (χ1) is 10.1. The molecule has 3 rings (SSSR count). The first kappa shape index (κ1) is 14.3. The number of nitrogens with one attached hydrogen (secondary N) is 1. The van der Waals surface area contributed by atoms with E-state index in [-0.39, 0.29) is 22.0 Å². The van der Waals surface area contributed by atoms with Crippen LogP contribution in [-0.4, -0.2) is 10.8 Å². The molecule has 3 nitrogen and oxygen atoms in total. The Labute approximate surface area is 131 Å². The summed E-state index contributed by atoms with van der Waals surface area (Å²) in [6.07, 6.45) is 1.71. The predicted molar refractivity (Wildman–Crippen MR) is 82.9 cm³/mol. The molecule has 0 bridgehead atoms. The molecule has 1 saturated heterocycles. The van der Waals surface area contributed by atoms with Gasteiger partial charge in [0, 0.05) is 12.5 Å². The van der Waals surface area contributed by atoms with Gasteiger partial charge in [0.25, 0.3) is 0 Å². The van der Waals surface area contributed by atoms with Crippen molar-refractivity contribution in [2.75, 3.05) is 0 Å². The summed E-state index contributed by atoms with van der Waals surface area (Å²) < 4.78 is 13.4. The molecule has 108 valence electrons. The number of hydrogen-bond acceptors (Lipinski definition) is 2. The normalized spacial score (nSPS) is 19.8. The van der Waals surface area contributed by atoms with E-state index in [9.17, 15) is 4.39 Å². The van der Waals surface area contributed by atoms with Crippen molar-refractivity contribution >= 4 is 34.7 Å². The van der Waals surface area contributed by atoms with Crippen molar-refractivity contribution in [2.24, 2.45) is 4.99 Å². The average Bonchev–Trinajstić information content (AvgIpc) is 2.94. The highest BCUT2D eigenvalue weighted by atomic mass is 35.5. The zero-order valence-electron chi connectivity index (χ0n) is 11.0. The van der Waals surface area contributed by atoms with E-state index in [1.165, 1.54) is 11.6 Å². The van der Waals surface area contributed by atoms with Crippen LogP contribution in [-0.2, 0) is 0 Å². The van der Waals surface area contributed by atoms with Gasteiger partial charge in [0.2, 0.25) is 0 Å². The Morgan fingerprint density at radius 1 is 1.19 bits per heavy atom. The van der Waals surface area contributed by atoms with E-state index < -0.39 is 5.82 Å². The Balaban J connectivity index is 1.82. The first-order valence-corrected chi connectivity index (χ1v) is 7.29. The van der Waals surface area contributed by atoms with Crippen molar-refractivity contribution in [3.05, 3.63) is 58.1 Å². The van der Waals surface area contributed by atoms with Crippen LogP contribution < -0.4 is 5.32 Å². The third-order valence-electron chi connectivity index (χ3n) is 3.34. The van der Waals surface area contributed by atoms with Crippen LogP contribution in [0.5, 0.6) is 0 Å². The topological polar surface area (TPSA) is 37.3 Å². The highest BCUT2D eigenvalue weighted by Crippen LogP contribution is 2.30. The Kier molecular flexibility index (Phi) is 4.08. The monoisotopic (exact) mass is 323 g/mol. The van der Waals surface area contributed by atoms with Crippen molar-refractivity contribution in [2.45, 2.75) is 18.9 Å². The molecule has 1 aromatic carbocycles. The lowest BCUT2D eigenvalue weighted by molar-refractivity contribution is 0.622. The number of benzene rings is 1. The Morgan fingerprint density at radius 3 is 2.71 bits per heavy atom. The Bertz CT molecular complexity index is 689. The van der Waals surface area contributed by atoms with Gasteiger partial charge in [-0.25, -0.2) is 14.4 Å². The molecule has 2 aromatic rings. The van der Waals surface area contributed by atoms with Crippen LogP contribution in [0.15, 0.2) is 41.4 Å². The first-order valence-electron chi connectivity index (χ1n) is 6.54. The highest BCUT2D eigenvalue weighted by Gasteiger charge is 2.21. The lowest BCUT2D eigenvalue weighted by Gasteiger charge is -2.10. The molecular formula is C15H12Cl2FN3. The van der Waals surface area contributed by atoms with Crippen molar-refractivity contribution in [3.8, 4) is 0 Å². The van der Waals surface area contributed by atoms with Gasteiger partial charge in [0.05, 0.1) is 6.04 Å². The number of aromatic nitrogens is 1. The maximum absolute atomic E-state index is 13.4. The van der Waals surface area contributed by atoms with Gasteiger partial charge in [-0.05, 0) is 12.0 Å². The summed E-state index contributed by atoms with van der Waals surface area (Å²) in [6, 6.07) is 11.5. The van der Waals surface area contributed by atoms with Crippen LogP contribution in [0.1, 0.15) is 24.4 Å². The minimum absolute atomic E-state index is 0.0962. The quantitative estimate of drug-likeness (QED) is 0.814. The second-order valence-corrected chi connectivity index (χ2v) is 5.49. The molecule has 6 heteroatoms. The summed E-state index contributed by atoms with van der Waals surface area (Å²) in [4.78, 5) is 8.06. The van der Waals surface area contributed by atoms with E-state index in [4.69, 9.17) is 23.2 Å². The fourth-order valence-corrected chi connectivity index (χ4v) is 2.67. The molecule has 0 aliphatic carbocycles. The lowest BCUT2D eigenvalue weighted by atomic mass is 10.1. The average molecular weight is 324 g/mol. The van der Waals surface area contributed by atoms with Crippen molar-refractivity contribution in [3.63, 3.8) is 0 Å². The van der Waals surface area contributed by atoms with Gasteiger partial charge in [-0.2, -0.15) is 0 Å². The number of pyridine rings is 1. The van der Waals surface area contributed by atoms with Gasteiger partial charge >= 0.3 is 0 Å². The minimum atomic E-state index is -0.627. The molecule has 0 saturated carbocycles. The molecule has 1 aliphatic rings. The van der Waals surface area contributed by atoms with Gasteiger partial charge in [-0.3, -0.25) is 0 Å². The van der Waals surface area contributed by atoms with E-state index in [1.54, 1.807) is 0 Å². The van der Waals surface area contributed by atoms with Gasteiger partial charge in [0.15, 0.2) is 16.1 Å². The third kappa shape index (κ3) is 3.17. The Morgan fingerprint density at radius 2 is 1.95 bits per heavy atom. The maximum Gasteiger partial charge on any atom is 0.166 e. The molecule has 1 N–H and O–H groups in total. The van der Waals surface area contributed by atoms with E-state index in [1.807, 2.05) is 18.2 Å². The van der Waals surface area contributed by atoms with E-state index >= 15 is 0 Å². The standard InChI is InChI=1S/C15H12Cl2FN3/c16-14-10(18)8-12(15(17)21-14)20-13-7-6-11(19-13)9-4-2-1-3-5-9/h1-5,8,11H,6-7H2,(H,19,20)/t11-/m1/s1. The zero-order chi connectivity index (χ0) is 14.8. The summed E-state index contributed by atoms with van der Waals surface area (Å²) in [6.45, 7) is 0. The summed E-state index contributed by atoms with van der Waals surface area (Å²) >= 11 is 11.5.